The lowest BCUT2D eigenvalue weighted by Gasteiger charge is -2.30. The molecule has 0 fully saturated rings. The molecule has 8 nitrogen and oxygen atoms in total. The second-order valence-electron chi connectivity index (χ2n) is 7.55. The molecule has 0 aromatic heterocycles. The zero-order valence-electron chi connectivity index (χ0n) is 18.8. The van der Waals surface area contributed by atoms with E-state index in [4.69, 9.17) is 9.47 Å². The van der Waals surface area contributed by atoms with E-state index in [1.54, 1.807) is 0 Å². The lowest BCUT2D eigenvalue weighted by atomic mass is 10.2. The Labute approximate surface area is 189 Å². The normalized spacial score (nSPS) is 10.4. The van der Waals surface area contributed by atoms with Gasteiger partial charge >= 0.3 is 12.2 Å². The van der Waals surface area contributed by atoms with Gasteiger partial charge in [-0.2, -0.15) is 0 Å². The van der Waals surface area contributed by atoms with Crippen LogP contribution in [0.5, 0.6) is 0 Å². The number of amides is 3. The van der Waals surface area contributed by atoms with Crippen molar-refractivity contribution < 1.29 is 23.9 Å². The molecular weight excluding hydrogens is 410 g/mol. The molecule has 0 saturated heterocycles. The third-order valence-corrected chi connectivity index (χ3v) is 4.47. The van der Waals surface area contributed by atoms with Crippen molar-refractivity contribution in [2.75, 3.05) is 13.6 Å². The Hall–Kier alpha value is -3.55. The number of nitrogens with zero attached hydrogens (tertiary/aromatic N) is 2. The Morgan fingerprint density at radius 2 is 1.34 bits per heavy atom. The van der Waals surface area contributed by atoms with Crippen molar-refractivity contribution in [2.24, 2.45) is 0 Å². The van der Waals surface area contributed by atoms with E-state index in [0.29, 0.717) is 6.42 Å². The van der Waals surface area contributed by atoms with E-state index in [-0.39, 0.29) is 38.1 Å². The zero-order valence-corrected chi connectivity index (χ0v) is 18.8. The molecule has 0 aliphatic heterocycles. The van der Waals surface area contributed by atoms with Gasteiger partial charge in [0.05, 0.1) is 0 Å². The van der Waals surface area contributed by atoms with Gasteiger partial charge in [-0.25, -0.2) is 19.6 Å². The Bertz CT molecular complexity index is 858. The molecule has 0 radical (unpaired) electrons. The predicted molar refractivity (Wildman–Crippen MR) is 120 cm³/mol. The minimum atomic E-state index is -0.697. The number of hydrazine groups is 1. The van der Waals surface area contributed by atoms with Crippen LogP contribution >= 0.6 is 0 Å². The summed E-state index contributed by atoms with van der Waals surface area (Å²) in [5.74, 6) is -0.119. The summed E-state index contributed by atoms with van der Waals surface area (Å²) in [6.45, 7) is 4.02. The summed E-state index contributed by atoms with van der Waals surface area (Å²) in [5, 5.41) is 5.04. The number of hydrogen-bond donors (Lipinski definition) is 1. The van der Waals surface area contributed by atoms with E-state index < -0.39 is 12.2 Å². The van der Waals surface area contributed by atoms with E-state index in [9.17, 15) is 14.4 Å². The average Bonchev–Trinajstić information content (AvgIpc) is 2.79. The molecule has 0 aliphatic rings. The van der Waals surface area contributed by atoms with Gasteiger partial charge in [0.2, 0.25) is 5.91 Å². The highest BCUT2D eigenvalue weighted by Crippen LogP contribution is 2.10. The van der Waals surface area contributed by atoms with Crippen LogP contribution in [0, 0.1) is 0 Å². The average molecular weight is 442 g/mol. The molecule has 0 unspecified atom stereocenters. The summed E-state index contributed by atoms with van der Waals surface area (Å²) in [4.78, 5) is 37.2. The smallest absolute Gasteiger partial charge is 0.429 e. The van der Waals surface area contributed by atoms with Gasteiger partial charge in [-0.1, -0.05) is 60.7 Å². The molecule has 32 heavy (non-hydrogen) atoms. The van der Waals surface area contributed by atoms with E-state index in [1.165, 1.54) is 7.05 Å². The number of carbonyl (C=O) groups is 3. The molecule has 2 aromatic carbocycles. The van der Waals surface area contributed by atoms with E-state index >= 15 is 0 Å². The van der Waals surface area contributed by atoms with Crippen molar-refractivity contribution in [3.8, 4) is 0 Å². The summed E-state index contributed by atoms with van der Waals surface area (Å²) >= 11 is 0. The summed E-state index contributed by atoms with van der Waals surface area (Å²) in [5.41, 5.74) is 1.66. The van der Waals surface area contributed by atoms with Gasteiger partial charge < -0.3 is 14.8 Å². The highest BCUT2D eigenvalue weighted by molar-refractivity contribution is 5.76. The van der Waals surface area contributed by atoms with Crippen LogP contribution in [0.15, 0.2) is 60.7 Å². The van der Waals surface area contributed by atoms with Crippen molar-refractivity contribution in [3.05, 3.63) is 71.8 Å². The Balaban J connectivity index is 1.97. The summed E-state index contributed by atoms with van der Waals surface area (Å²) < 4.78 is 10.7. The Morgan fingerprint density at radius 1 is 0.844 bits per heavy atom. The second-order valence-corrected chi connectivity index (χ2v) is 7.55. The van der Waals surface area contributed by atoms with Crippen molar-refractivity contribution in [1.82, 2.24) is 15.3 Å². The molecule has 0 atom stereocenters. The maximum Gasteiger partial charge on any atom is 0.429 e. The summed E-state index contributed by atoms with van der Waals surface area (Å²) in [7, 11) is 1.44. The van der Waals surface area contributed by atoms with Gasteiger partial charge in [-0.15, -0.1) is 0 Å². The van der Waals surface area contributed by atoms with Gasteiger partial charge in [0, 0.05) is 26.1 Å². The van der Waals surface area contributed by atoms with Crippen molar-refractivity contribution in [1.29, 1.82) is 0 Å². The topological polar surface area (TPSA) is 88.2 Å². The molecule has 2 rings (SSSR count). The molecule has 0 heterocycles. The van der Waals surface area contributed by atoms with Gasteiger partial charge in [-0.05, 0) is 31.4 Å². The van der Waals surface area contributed by atoms with E-state index in [1.807, 2.05) is 74.5 Å². The number of benzene rings is 2. The monoisotopic (exact) mass is 441 g/mol. The first-order valence-electron chi connectivity index (χ1n) is 10.6. The highest BCUT2D eigenvalue weighted by Gasteiger charge is 2.25. The maximum absolute atomic E-state index is 12.7. The number of ether oxygens (including phenoxy) is 2. The first-order valence-corrected chi connectivity index (χ1v) is 10.6. The molecule has 0 saturated carbocycles. The van der Waals surface area contributed by atoms with Crippen LogP contribution in [0.25, 0.3) is 0 Å². The first kappa shape index (κ1) is 24.7. The van der Waals surface area contributed by atoms with Crippen LogP contribution in [-0.4, -0.2) is 47.7 Å². The van der Waals surface area contributed by atoms with Gasteiger partial charge in [0.1, 0.15) is 13.2 Å². The lowest BCUT2D eigenvalue weighted by Crippen LogP contribution is -2.48. The molecule has 0 bridgehead atoms. The molecule has 3 amide bonds. The zero-order chi connectivity index (χ0) is 23.3. The lowest BCUT2D eigenvalue weighted by molar-refractivity contribution is -0.121. The van der Waals surface area contributed by atoms with Crippen molar-refractivity contribution in [2.45, 2.75) is 45.9 Å². The predicted octanol–water partition coefficient (Wildman–Crippen LogP) is 4.11. The minimum absolute atomic E-state index is 0.0325. The molecule has 2 aromatic rings. The summed E-state index contributed by atoms with van der Waals surface area (Å²) in [6.07, 6.45) is -0.822. The molecule has 1 N–H and O–H groups in total. The third-order valence-electron chi connectivity index (χ3n) is 4.47. The standard InChI is InChI=1S/C24H31N3O5/c1-19(2)25-22(28)15-10-16-27(24(30)32-18-21-13-8-5-9-14-21)26(3)23(29)31-17-20-11-6-4-7-12-20/h4-9,11-14,19H,10,15-18H2,1-3H3,(H,25,28). The van der Waals surface area contributed by atoms with Crippen LogP contribution < -0.4 is 5.32 Å². The van der Waals surface area contributed by atoms with Gasteiger partial charge in [-0.3, -0.25) is 4.79 Å². The summed E-state index contributed by atoms with van der Waals surface area (Å²) in [6, 6.07) is 18.5. The maximum atomic E-state index is 12.7. The third kappa shape index (κ3) is 8.67. The fourth-order valence-electron chi connectivity index (χ4n) is 2.85. The first-order chi connectivity index (χ1) is 15.4. The number of nitrogens with one attached hydrogen (secondary N) is 1. The van der Waals surface area contributed by atoms with Gasteiger partial charge in [0.25, 0.3) is 0 Å². The largest absolute Gasteiger partial charge is 0.443 e. The van der Waals surface area contributed by atoms with Crippen LogP contribution in [0.2, 0.25) is 0 Å². The second kappa shape index (κ2) is 13.0. The Kier molecular flexibility index (Phi) is 10.0. The van der Waals surface area contributed by atoms with E-state index in [0.717, 1.165) is 21.1 Å². The van der Waals surface area contributed by atoms with Crippen molar-refractivity contribution >= 4 is 18.1 Å². The molecular formula is C24H31N3O5. The van der Waals surface area contributed by atoms with E-state index in [2.05, 4.69) is 5.32 Å². The fraction of sp³-hybridized carbons (Fsp3) is 0.375. The van der Waals surface area contributed by atoms with Gasteiger partial charge in [0.15, 0.2) is 0 Å². The molecule has 0 aliphatic carbocycles. The molecule has 172 valence electrons. The Morgan fingerprint density at radius 3 is 1.84 bits per heavy atom. The SMILES string of the molecule is CC(C)NC(=O)CCCN(C(=O)OCc1ccccc1)N(C)C(=O)OCc1ccccc1. The van der Waals surface area contributed by atoms with Crippen LogP contribution in [0.4, 0.5) is 9.59 Å². The van der Waals surface area contributed by atoms with Crippen LogP contribution in [0.3, 0.4) is 0 Å². The minimum Gasteiger partial charge on any atom is -0.443 e. The quantitative estimate of drug-likeness (QED) is 0.592. The van der Waals surface area contributed by atoms with Crippen LogP contribution in [0.1, 0.15) is 37.8 Å². The highest BCUT2D eigenvalue weighted by atomic mass is 16.6. The van der Waals surface area contributed by atoms with Crippen LogP contribution in [-0.2, 0) is 27.5 Å². The van der Waals surface area contributed by atoms with Crippen molar-refractivity contribution in [3.63, 3.8) is 0 Å². The fourth-order valence-corrected chi connectivity index (χ4v) is 2.85. The molecule has 0 spiro atoms. The number of hydrogen-bond acceptors (Lipinski definition) is 5. The molecule has 8 heteroatoms. The number of rotatable bonds is 9. The number of carbonyl (C=O) groups excluding carboxylic acids is 3.